The maximum Gasteiger partial charge on any atom is 0.235 e. The molecule has 0 radical (unpaired) electrons. The van der Waals surface area contributed by atoms with Crippen molar-refractivity contribution in [2.24, 2.45) is 12.5 Å². The summed E-state index contributed by atoms with van der Waals surface area (Å²) in [7, 11) is 1.79. The van der Waals surface area contributed by atoms with Crippen LogP contribution in [0.25, 0.3) is 0 Å². The topological polar surface area (TPSA) is 73.1 Å². The summed E-state index contributed by atoms with van der Waals surface area (Å²) in [4.78, 5) is 14.0. The van der Waals surface area contributed by atoms with Gasteiger partial charge in [-0.1, -0.05) is 11.8 Å². The summed E-state index contributed by atoms with van der Waals surface area (Å²) >= 11 is 1.50. The second-order valence-electron chi connectivity index (χ2n) is 5.61. The van der Waals surface area contributed by atoms with E-state index in [2.05, 4.69) is 15.5 Å². The SMILES string of the molecule is CC1=C(CSc2nnnn2C)OCC2N1C(=O)C2(C)C. The number of fused-ring (bicyclic) bond motifs is 1. The van der Waals surface area contributed by atoms with Gasteiger partial charge in [-0.2, -0.15) is 0 Å². The lowest BCUT2D eigenvalue weighted by Crippen LogP contribution is -2.68. The zero-order chi connectivity index (χ0) is 14.5. The average molecular weight is 295 g/mol. The molecule has 8 heteroatoms. The van der Waals surface area contributed by atoms with Gasteiger partial charge in [-0.15, -0.1) is 5.10 Å². The number of carbonyl (C=O) groups excluding carboxylic acids is 1. The normalized spacial score (nSPS) is 24.3. The monoisotopic (exact) mass is 295 g/mol. The van der Waals surface area contributed by atoms with Gasteiger partial charge in [0.05, 0.1) is 22.9 Å². The van der Waals surface area contributed by atoms with Crippen LogP contribution in [0.4, 0.5) is 0 Å². The Hall–Kier alpha value is -1.57. The van der Waals surface area contributed by atoms with Crippen LogP contribution in [0.2, 0.25) is 0 Å². The van der Waals surface area contributed by atoms with E-state index in [9.17, 15) is 4.79 Å². The number of ether oxygens (including phenoxy) is 1. The van der Waals surface area contributed by atoms with E-state index in [-0.39, 0.29) is 17.4 Å². The van der Waals surface area contributed by atoms with Crippen molar-refractivity contribution in [3.05, 3.63) is 11.5 Å². The Morgan fingerprint density at radius 3 is 2.90 bits per heavy atom. The maximum atomic E-state index is 12.2. The second kappa shape index (κ2) is 4.47. The number of thioether (sulfide) groups is 1. The van der Waals surface area contributed by atoms with Gasteiger partial charge in [0.2, 0.25) is 11.1 Å². The number of allylic oxidation sites excluding steroid dienone is 1. The zero-order valence-electron chi connectivity index (χ0n) is 12.0. The molecule has 0 aromatic carbocycles. The van der Waals surface area contributed by atoms with E-state index in [4.69, 9.17) is 4.74 Å². The summed E-state index contributed by atoms with van der Waals surface area (Å²) in [6, 6.07) is 0.153. The Labute approximate surface area is 121 Å². The molecule has 7 nitrogen and oxygen atoms in total. The summed E-state index contributed by atoms with van der Waals surface area (Å²) < 4.78 is 7.45. The molecule has 108 valence electrons. The van der Waals surface area contributed by atoms with Crippen molar-refractivity contribution in [1.29, 1.82) is 0 Å². The van der Waals surface area contributed by atoms with E-state index in [1.807, 2.05) is 25.7 Å². The molecule has 0 spiro atoms. The zero-order valence-corrected chi connectivity index (χ0v) is 12.8. The number of aryl methyl sites for hydroxylation is 1. The van der Waals surface area contributed by atoms with Gasteiger partial charge >= 0.3 is 0 Å². The predicted molar refractivity (Wildman–Crippen MR) is 72.6 cm³/mol. The number of carbonyl (C=O) groups is 1. The first-order valence-corrected chi connectivity index (χ1v) is 7.43. The van der Waals surface area contributed by atoms with Crippen LogP contribution in [0.1, 0.15) is 20.8 Å². The smallest absolute Gasteiger partial charge is 0.235 e. The number of aromatic nitrogens is 4. The van der Waals surface area contributed by atoms with E-state index in [0.717, 1.165) is 16.6 Å². The fraction of sp³-hybridized carbons (Fsp3) is 0.667. The molecule has 1 saturated heterocycles. The van der Waals surface area contributed by atoms with Gasteiger partial charge in [0.25, 0.3) is 0 Å². The quantitative estimate of drug-likeness (QED) is 0.606. The standard InChI is InChI=1S/C12H17N5O2S/c1-7-8(6-20-11-13-14-15-16(11)4)19-5-9-12(2,3)10(18)17(7)9/h9H,5-6H2,1-4H3. The first kappa shape index (κ1) is 13.4. The van der Waals surface area contributed by atoms with Gasteiger partial charge in [0.1, 0.15) is 12.4 Å². The molecule has 2 aliphatic heterocycles. The van der Waals surface area contributed by atoms with Crippen LogP contribution < -0.4 is 0 Å². The van der Waals surface area contributed by atoms with Gasteiger partial charge < -0.3 is 9.64 Å². The lowest BCUT2D eigenvalue weighted by atomic mass is 9.73. The fourth-order valence-corrected chi connectivity index (χ4v) is 3.43. The van der Waals surface area contributed by atoms with Crippen molar-refractivity contribution in [2.75, 3.05) is 12.4 Å². The van der Waals surface area contributed by atoms with Gasteiger partial charge in [-0.3, -0.25) is 4.79 Å². The molecule has 1 unspecified atom stereocenters. The highest BCUT2D eigenvalue weighted by molar-refractivity contribution is 7.99. The first-order chi connectivity index (χ1) is 9.43. The molecule has 1 aromatic rings. The summed E-state index contributed by atoms with van der Waals surface area (Å²) in [6.45, 7) is 6.43. The van der Waals surface area contributed by atoms with E-state index < -0.39 is 0 Å². The van der Waals surface area contributed by atoms with Crippen LogP contribution in [0.5, 0.6) is 0 Å². The Bertz CT molecular complexity index is 594. The van der Waals surface area contributed by atoms with E-state index in [1.165, 1.54) is 11.8 Å². The lowest BCUT2D eigenvalue weighted by molar-refractivity contribution is -0.171. The van der Waals surface area contributed by atoms with Crippen LogP contribution in [0, 0.1) is 5.41 Å². The molecule has 20 heavy (non-hydrogen) atoms. The van der Waals surface area contributed by atoms with Crippen LogP contribution in [-0.4, -0.2) is 49.4 Å². The molecule has 0 bridgehead atoms. The third-order valence-corrected chi connectivity index (χ3v) is 5.02. The minimum Gasteiger partial charge on any atom is -0.493 e. The Kier molecular flexibility index (Phi) is 3.00. The molecular weight excluding hydrogens is 278 g/mol. The highest BCUT2D eigenvalue weighted by Crippen LogP contribution is 2.44. The van der Waals surface area contributed by atoms with Crippen molar-refractivity contribution in [3.8, 4) is 0 Å². The number of nitrogens with zero attached hydrogens (tertiary/aromatic N) is 5. The minimum atomic E-state index is -0.312. The van der Waals surface area contributed by atoms with E-state index in [0.29, 0.717) is 12.4 Å². The minimum absolute atomic E-state index is 0.153. The third kappa shape index (κ3) is 1.81. The molecule has 0 saturated carbocycles. The highest BCUT2D eigenvalue weighted by Gasteiger charge is 2.57. The molecule has 1 fully saturated rings. The number of tetrazole rings is 1. The van der Waals surface area contributed by atoms with E-state index in [1.54, 1.807) is 11.7 Å². The van der Waals surface area contributed by atoms with E-state index >= 15 is 0 Å². The summed E-state index contributed by atoms with van der Waals surface area (Å²) in [5.74, 6) is 1.63. The van der Waals surface area contributed by atoms with Gasteiger partial charge in [-0.05, 0) is 31.2 Å². The molecular formula is C12H17N5O2S. The average Bonchev–Trinajstić information content (AvgIpc) is 2.82. The Balaban J connectivity index is 1.74. The number of hydrogen-bond donors (Lipinski definition) is 0. The van der Waals surface area contributed by atoms with Crippen LogP contribution in [0.3, 0.4) is 0 Å². The Morgan fingerprint density at radius 2 is 2.25 bits per heavy atom. The van der Waals surface area contributed by atoms with Gasteiger partial charge in [-0.25, -0.2) is 4.68 Å². The lowest BCUT2D eigenvalue weighted by Gasteiger charge is -2.55. The molecule has 0 aliphatic carbocycles. The highest BCUT2D eigenvalue weighted by atomic mass is 32.2. The molecule has 3 rings (SSSR count). The van der Waals surface area contributed by atoms with Crippen LogP contribution >= 0.6 is 11.8 Å². The van der Waals surface area contributed by atoms with Gasteiger partial charge in [0.15, 0.2) is 0 Å². The van der Waals surface area contributed by atoms with Crippen molar-refractivity contribution >= 4 is 17.7 Å². The summed E-state index contributed by atoms with van der Waals surface area (Å²) in [6.07, 6.45) is 0. The largest absolute Gasteiger partial charge is 0.493 e. The second-order valence-corrected chi connectivity index (χ2v) is 6.55. The fourth-order valence-electron chi connectivity index (χ4n) is 2.56. The molecule has 1 amide bonds. The number of β-lactam (4-membered cyclic amide) rings is 1. The van der Waals surface area contributed by atoms with Crippen molar-refractivity contribution < 1.29 is 9.53 Å². The number of amides is 1. The molecule has 1 aromatic heterocycles. The number of hydrogen-bond acceptors (Lipinski definition) is 6. The van der Waals surface area contributed by atoms with Crippen LogP contribution in [0.15, 0.2) is 16.6 Å². The van der Waals surface area contributed by atoms with Crippen molar-refractivity contribution in [2.45, 2.75) is 32.0 Å². The molecule has 2 aliphatic rings. The molecule has 0 N–H and O–H groups in total. The molecule has 1 atom stereocenters. The van der Waals surface area contributed by atoms with Gasteiger partial charge in [0, 0.05) is 7.05 Å². The maximum absolute atomic E-state index is 12.2. The van der Waals surface area contributed by atoms with Crippen molar-refractivity contribution in [1.82, 2.24) is 25.1 Å². The predicted octanol–water partition coefficient (Wildman–Crippen LogP) is 0.801. The first-order valence-electron chi connectivity index (χ1n) is 6.44. The molecule has 3 heterocycles. The summed E-state index contributed by atoms with van der Waals surface area (Å²) in [5, 5.41) is 12.0. The Morgan fingerprint density at radius 1 is 1.50 bits per heavy atom. The number of rotatable bonds is 3. The van der Waals surface area contributed by atoms with Crippen LogP contribution in [-0.2, 0) is 16.6 Å². The summed E-state index contributed by atoms with van der Waals surface area (Å²) in [5.41, 5.74) is 0.598. The third-order valence-electron chi connectivity index (χ3n) is 4.01. The van der Waals surface area contributed by atoms with Crippen molar-refractivity contribution in [3.63, 3.8) is 0 Å².